The number of hydrogen-bond acceptors (Lipinski definition) is 4. The van der Waals surface area contributed by atoms with Gasteiger partial charge in [-0.15, -0.1) is 0 Å². The van der Waals surface area contributed by atoms with E-state index in [9.17, 15) is 9.50 Å². The lowest BCUT2D eigenvalue weighted by Crippen LogP contribution is -1.96. The Morgan fingerprint density at radius 3 is 2.64 bits per heavy atom. The van der Waals surface area contributed by atoms with Crippen molar-refractivity contribution in [2.75, 3.05) is 0 Å². The van der Waals surface area contributed by atoms with Gasteiger partial charge in [0.25, 0.3) is 0 Å². The Hall–Kier alpha value is -2.80. The van der Waals surface area contributed by atoms with Crippen molar-refractivity contribution in [1.29, 1.82) is 0 Å². The summed E-state index contributed by atoms with van der Waals surface area (Å²) in [5.41, 5.74) is 1.07. The lowest BCUT2D eigenvalue weighted by Gasteiger charge is -2.02. The van der Waals surface area contributed by atoms with Crippen LogP contribution < -0.4 is 0 Å². The summed E-state index contributed by atoms with van der Waals surface area (Å²) in [4.78, 5) is 0. The maximum atomic E-state index is 13.9. The van der Waals surface area contributed by atoms with Gasteiger partial charge in [-0.25, -0.2) is 9.49 Å². The van der Waals surface area contributed by atoms with Gasteiger partial charge in [0.05, 0.1) is 11.8 Å². The number of aromatic amines is 1. The predicted octanol–water partition coefficient (Wildman–Crippen LogP) is 3.33. The van der Waals surface area contributed by atoms with E-state index >= 15 is 0 Å². The van der Waals surface area contributed by atoms with E-state index in [2.05, 4.69) is 15.3 Å². The summed E-state index contributed by atoms with van der Waals surface area (Å²) in [6.45, 7) is 0. The van der Waals surface area contributed by atoms with Crippen LogP contribution in [0.4, 0.5) is 4.39 Å². The van der Waals surface area contributed by atoms with Crippen molar-refractivity contribution in [3.05, 3.63) is 64.7 Å². The van der Waals surface area contributed by atoms with Gasteiger partial charge in [0.1, 0.15) is 11.6 Å². The fourth-order valence-corrected chi connectivity index (χ4v) is 2.08. The molecule has 0 aliphatic carbocycles. The average Bonchev–Trinajstić information content (AvgIpc) is 2.88. The van der Waals surface area contributed by atoms with Crippen LogP contribution >= 0.6 is 12.2 Å². The molecule has 0 bridgehead atoms. The molecule has 0 radical (unpaired) electrons. The highest BCUT2D eigenvalue weighted by molar-refractivity contribution is 7.71. The number of aromatic nitrogens is 3. The van der Waals surface area contributed by atoms with Crippen LogP contribution in [0.2, 0.25) is 0 Å². The van der Waals surface area contributed by atoms with Gasteiger partial charge >= 0.3 is 0 Å². The maximum absolute atomic E-state index is 13.9. The summed E-state index contributed by atoms with van der Waals surface area (Å²) in [7, 11) is 0. The molecule has 0 aliphatic rings. The lowest BCUT2D eigenvalue weighted by atomic mass is 10.2. The van der Waals surface area contributed by atoms with Crippen molar-refractivity contribution >= 4 is 18.4 Å². The number of rotatable bonds is 3. The Kier molecular flexibility index (Phi) is 3.80. The number of nitrogens with zero attached hydrogens (tertiary/aromatic N) is 3. The van der Waals surface area contributed by atoms with Gasteiger partial charge in [-0.3, -0.25) is 0 Å². The molecule has 3 aromatic rings. The minimum atomic E-state index is -0.405. The summed E-state index contributed by atoms with van der Waals surface area (Å²) in [6, 6.07) is 12.8. The van der Waals surface area contributed by atoms with E-state index in [1.54, 1.807) is 48.7 Å². The number of benzene rings is 2. The molecular formula is C15H11FN4OS. The van der Waals surface area contributed by atoms with Crippen LogP contribution in [0.15, 0.2) is 53.6 Å². The number of phenolic OH excluding ortho intramolecular Hbond substituents is 1. The first-order valence-corrected chi connectivity index (χ1v) is 6.81. The van der Waals surface area contributed by atoms with Crippen LogP contribution in [-0.2, 0) is 0 Å². The zero-order valence-electron chi connectivity index (χ0n) is 11.3. The first kappa shape index (κ1) is 14.2. The number of aromatic hydroxyl groups is 1. The molecule has 3 rings (SSSR count). The molecular weight excluding hydrogens is 303 g/mol. The summed E-state index contributed by atoms with van der Waals surface area (Å²) >= 11 is 5.12. The summed E-state index contributed by atoms with van der Waals surface area (Å²) in [5, 5.41) is 20.1. The fourth-order valence-electron chi connectivity index (χ4n) is 1.90. The van der Waals surface area contributed by atoms with Crippen molar-refractivity contribution in [3.8, 4) is 17.1 Å². The molecule has 5 nitrogen and oxygen atoms in total. The molecule has 110 valence electrons. The van der Waals surface area contributed by atoms with Gasteiger partial charge in [0.2, 0.25) is 4.77 Å². The monoisotopic (exact) mass is 314 g/mol. The van der Waals surface area contributed by atoms with Gasteiger partial charge in [-0.1, -0.05) is 12.1 Å². The molecule has 2 aromatic carbocycles. The SMILES string of the molecule is Oc1ccc(/C=N/n2c(-c3ccccc3F)n[nH]c2=S)cc1. The van der Waals surface area contributed by atoms with E-state index in [1.807, 2.05) is 0 Å². The van der Waals surface area contributed by atoms with Crippen LogP contribution in [-0.4, -0.2) is 26.2 Å². The van der Waals surface area contributed by atoms with Crippen LogP contribution in [0.5, 0.6) is 5.75 Å². The number of H-pyrrole nitrogens is 1. The molecule has 0 aliphatic heterocycles. The molecule has 22 heavy (non-hydrogen) atoms. The Morgan fingerprint density at radius 1 is 1.18 bits per heavy atom. The summed E-state index contributed by atoms with van der Waals surface area (Å²) < 4.78 is 15.5. The molecule has 1 heterocycles. The van der Waals surface area contributed by atoms with Crippen molar-refractivity contribution in [1.82, 2.24) is 14.9 Å². The predicted molar refractivity (Wildman–Crippen MR) is 83.9 cm³/mol. The molecule has 1 aromatic heterocycles. The van der Waals surface area contributed by atoms with Gasteiger partial charge < -0.3 is 5.11 Å². The highest BCUT2D eigenvalue weighted by atomic mass is 32.1. The van der Waals surface area contributed by atoms with Gasteiger partial charge in [0, 0.05) is 0 Å². The Balaban J connectivity index is 2.02. The molecule has 0 spiro atoms. The van der Waals surface area contributed by atoms with Crippen LogP contribution in [0, 0.1) is 10.6 Å². The minimum absolute atomic E-state index is 0.170. The van der Waals surface area contributed by atoms with Gasteiger partial charge in [-0.2, -0.15) is 14.9 Å². The Bertz CT molecular complexity index is 883. The molecule has 2 N–H and O–H groups in total. The third kappa shape index (κ3) is 2.79. The topological polar surface area (TPSA) is 66.2 Å². The normalized spacial score (nSPS) is 11.1. The van der Waals surface area contributed by atoms with Crippen LogP contribution in [0.25, 0.3) is 11.4 Å². The van der Waals surface area contributed by atoms with Crippen molar-refractivity contribution < 1.29 is 9.50 Å². The zero-order chi connectivity index (χ0) is 15.5. The smallest absolute Gasteiger partial charge is 0.216 e. The van der Waals surface area contributed by atoms with E-state index in [-0.39, 0.29) is 16.3 Å². The number of hydrogen-bond donors (Lipinski definition) is 2. The molecule has 7 heteroatoms. The fraction of sp³-hybridized carbons (Fsp3) is 0. The third-order valence-corrected chi connectivity index (χ3v) is 3.24. The quantitative estimate of drug-likeness (QED) is 0.575. The molecule has 0 amide bonds. The minimum Gasteiger partial charge on any atom is -0.508 e. The molecule has 0 saturated carbocycles. The zero-order valence-corrected chi connectivity index (χ0v) is 12.1. The van der Waals surface area contributed by atoms with Crippen molar-refractivity contribution in [2.24, 2.45) is 5.10 Å². The average molecular weight is 314 g/mol. The standard InChI is InChI=1S/C15H11FN4OS/c16-13-4-2-1-3-12(13)14-18-19-15(22)20(14)17-9-10-5-7-11(21)8-6-10/h1-9,21H,(H,19,22)/b17-9+. The lowest BCUT2D eigenvalue weighted by molar-refractivity contribution is 0.475. The van der Waals surface area contributed by atoms with E-state index in [1.165, 1.54) is 10.7 Å². The number of nitrogens with one attached hydrogen (secondary N) is 1. The molecule has 0 saturated heterocycles. The highest BCUT2D eigenvalue weighted by Gasteiger charge is 2.12. The number of phenols is 1. The second-order valence-corrected chi connectivity index (χ2v) is 4.87. The van der Waals surface area contributed by atoms with E-state index in [0.717, 1.165) is 5.56 Å². The molecule has 0 fully saturated rings. The summed E-state index contributed by atoms with van der Waals surface area (Å²) in [5.74, 6) is 0.0554. The first-order chi connectivity index (χ1) is 10.6. The highest BCUT2D eigenvalue weighted by Crippen LogP contribution is 2.20. The second-order valence-electron chi connectivity index (χ2n) is 4.48. The van der Waals surface area contributed by atoms with Crippen molar-refractivity contribution in [2.45, 2.75) is 0 Å². The molecule has 0 atom stereocenters. The second kappa shape index (κ2) is 5.90. The largest absolute Gasteiger partial charge is 0.508 e. The van der Waals surface area contributed by atoms with Gasteiger partial charge in [-0.05, 0) is 54.2 Å². The first-order valence-electron chi connectivity index (χ1n) is 6.41. The van der Waals surface area contributed by atoms with E-state index < -0.39 is 5.82 Å². The number of halogens is 1. The van der Waals surface area contributed by atoms with E-state index in [0.29, 0.717) is 5.56 Å². The molecule has 0 unspecified atom stereocenters. The van der Waals surface area contributed by atoms with Crippen LogP contribution in [0.1, 0.15) is 5.56 Å². The van der Waals surface area contributed by atoms with Crippen molar-refractivity contribution in [3.63, 3.8) is 0 Å². The Labute approximate surface area is 130 Å². The Morgan fingerprint density at radius 2 is 1.91 bits per heavy atom. The van der Waals surface area contributed by atoms with Gasteiger partial charge in [0.15, 0.2) is 5.82 Å². The third-order valence-electron chi connectivity index (χ3n) is 2.98. The van der Waals surface area contributed by atoms with Crippen LogP contribution in [0.3, 0.4) is 0 Å². The van der Waals surface area contributed by atoms with E-state index in [4.69, 9.17) is 12.2 Å². The maximum Gasteiger partial charge on any atom is 0.216 e. The summed E-state index contributed by atoms with van der Waals surface area (Å²) in [6.07, 6.45) is 1.55.